The summed E-state index contributed by atoms with van der Waals surface area (Å²) in [6.45, 7) is 1.85. The number of nitrogens with zero attached hydrogens (tertiary/aromatic N) is 3. The van der Waals surface area contributed by atoms with E-state index < -0.39 is 0 Å². The molecule has 1 fully saturated rings. The van der Waals surface area contributed by atoms with Gasteiger partial charge in [0.1, 0.15) is 29.2 Å². The van der Waals surface area contributed by atoms with Crippen LogP contribution in [0.15, 0.2) is 65.2 Å². The summed E-state index contributed by atoms with van der Waals surface area (Å²) < 4.78 is 12.4. The Kier molecular flexibility index (Phi) is 7.58. The van der Waals surface area contributed by atoms with Crippen molar-refractivity contribution >= 4 is 29.4 Å². The van der Waals surface area contributed by atoms with Gasteiger partial charge in [-0.25, -0.2) is 0 Å². The molecular formula is C28H27ClN4O3. The quantitative estimate of drug-likeness (QED) is 0.399. The maximum Gasteiger partial charge on any atom is 0.253 e. The first-order chi connectivity index (χ1) is 17.0. The van der Waals surface area contributed by atoms with Gasteiger partial charge in [0, 0.05) is 43.0 Å². The van der Waals surface area contributed by atoms with Gasteiger partial charge in [-0.05, 0) is 61.8 Å². The number of amides is 1. The molecule has 0 atom stereocenters. The number of halogens is 1. The Hall–Kier alpha value is -3.86. The van der Waals surface area contributed by atoms with E-state index in [-0.39, 0.29) is 24.4 Å². The molecule has 8 heteroatoms. The van der Waals surface area contributed by atoms with Gasteiger partial charge in [0.15, 0.2) is 5.58 Å². The maximum atomic E-state index is 12.2. The molecule has 5 rings (SSSR count). The first-order valence-electron chi connectivity index (χ1n) is 11.7. The number of pyridine rings is 1. The Balaban J connectivity index is 0.00000304. The first-order valence-corrected chi connectivity index (χ1v) is 11.7. The van der Waals surface area contributed by atoms with Crippen LogP contribution < -0.4 is 10.1 Å². The highest BCUT2D eigenvalue weighted by Crippen LogP contribution is 2.35. The van der Waals surface area contributed by atoms with Gasteiger partial charge in [-0.3, -0.25) is 9.78 Å². The van der Waals surface area contributed by atoms with E-state index in [1.54, 1.807) is 37.3 Å². The van der Waals surface area contributed by atoms with Crippen molar-refractivity contribution in [2.24, 2.45) is 0 Å². The van der Waals surface area contributed by atoms with Crippen molar-refractivity contribution in [2.75, 3.05) is 27.2 Å². The minimum Gasteiger partial charge on any atom is -0.489 e. The number of carbonyl (C=O) groups is 1. The molecule has 0 saturated carbocycles. The van der Waals surface area contributed by atoms with Crippen LogP contribution in [0, 0.1) is 11.3 Å². The molecular weight excluding hydrogens is 476 g/mol. The molecule has 1 N–H and O–H groups in total. The Bertz CT molecular complexity index is 1420. The summed E-state index contributed by atoms with van der Waals surface area (Å²) in [5.74, 6) is 1.22. The number of carbonyl (C=O) groups excluding carboxylic acids is 1. The predicted octanol–water partition coefficient (Wildman–Crippen LogP) is 5.29. The summed E-state index contributed by atoms with van der Waals surface area (Å²) in [4.78, 5) is 18.2. The normalized spacial score (nSPS) is 13.6. The summed E-state index contributed by atoms with van der Waals surface area (Å²) in [5.41, 5.74) is 5.05. The van der Waals surface area contributed by atoms with Crippen molar-refractivity contribution in [1.29, 1.82) is 5.26 Å². The van der Waals surface area contributed by atoms with Gasteiger partial charge >= 0.3 is 0 Å². The Labute approximate surface area is 216 Å². The fourth-order valence-corrected chi connectivity index (χ4v) is 4.32. The third-order valence-electron chi connectivity index (χ3n) is 6.23. The van der Waals surface area contributed by atoms with Gasteiger partial charge in [0.05, 0.1) is 5.56 Å². The van der Waals surface area contributed by atoms with Crippen LogP contribution in [-0.4, -0.2) is 49.1 Å². The summed E-state index contributed by atoms with van der Waals surface area (Å²) in [5, 5.41) is 13.1. The van der Waals surface area contributed by atoms with E-state index in [4.69, 9.17) is 9.15 Å². The van der Waals surface area contributed by atoms with Crippen molar-refractivity contribution in [1.82, 2.24) is 15.2 Å². The number of rotatable bonds is 5. The molecule has 0 bridgehead atoms. The third-order valence-corrected chi connectivity index (χ3v) is 6.23. The van der Waals surface area contributed by atoms with E-state index in [0.29, 0.717) is 28.2 Å². The predicted molar refractivity (Wildman–Crippen MR) is 141 cm³/mol. The number of aromatic nitrogens is 1. The number of ether oxygens (including phenoxy) is 1. The van der Waals surface area contributed by atoms with E-state index in [9.17, 15) is 10.1 Å². The average Bonchev–Trinajstić information content (AvgIpc) is 3.34. The van der Waals surface area contributed by atoms with Gasteiger partial charge in [-0.15, -0.1) is 12.4 Å². The summed E-state index contributed by atoms with van der Waals surface area (Å²) in [7, 11) is 3.46. The number of fused-ring (bicyclic) bond motifs is 1. The number of nitriles is 1. The highest BCUT2D eigenvalue weighted by atomic mass is 35.5. The number of furan rings is 1. The highest BCUT2D eigenvalue weighted by molar-refractivity contribution is 5.95. The Morgan fingerprint density at radius 3 is 2.50 bits per heavy atom. The molecule has 3 heterocycles. The van der Waals surface area contributed by atoms with Crippen LogP contribution >= 0.6 is 12.4 Å². The minimum atomic E-state index is -0.0500. The second-order valence-electron chi connectivity index (χ2n) is 8.85. The second-order valence-corrected chi connectivity index (χ2v) is 8.85. The Morgan fingerprint density at radius 1 is 1.08 bits per heavy atom. The monoisotopic (exact) mass is 502 g/mol. The zero-order valence-corrected chi connectivity index (χ0v) is 21.0. The van der Waals surface area contributed by atoms with Crippen molar-refractivity contribution in [3.8, 4) is 34.3 Å². The lowest BCUT2D eigenvalue weighted by atomic mass is 10.0. The molecule has 0 aliphatic carbocycles. The van der Waals surface area contributed by atoms with Gasteiger partial charge in [0.25, 0.3) is 5.91 Å². The standard InChI is InChI=1S/C28H26N4O3.ClH/c1-32(2)28(33)19-5-3-18(4-6-19)26-16-24-27(35-26)23(11-14-31-24)20-7-8-25(21(15-20)17-29)34-22-9-12-30-13-10-22;/h3-8,11,14-16,22,30H,9-10,12-13H2,1-2H3;1H. The van der Waals surface area contributed by atoms with Crippen LogP contribution in [0.4, 0.5) is 0 Å². The average molecular weight is 503 g/mol. The lowest BCUT2D eigenvalue weighted by molar-refractivity contribution is 0.0827. The first kappa shape index (κ1) is 25.2. The van der Waals surface area contributed by atoms with Crippen LogP contribution in [0.2, 0.25) is 0 Å². The van der Waals surface area contributed by atoms with Crippen LogP contribution in [0.3, 0.4) is 0 Å². The number of benzene rings is 2. The van der Waals surface area contributed by atoms with Gasteiger partial charge in [-0.2, -0.15) is 5.26 Å². The van der Waals surface area contributed by atoms with Crippen molar-refractivity contribution in [2.45, 2.75) is 18.9 Å². The molecule has 1 aliphatic heterocycles. The Morgan fingerprint density at radius 2 is 1.81 bits per heavy atom. The van der Waals surface area contributed by atoms with Crippen LogP contribution in [0.5, 0.6) is 5.75 Å². The van der Waals surface area contributed by atoms with E-state index >= 15 is 0 Å². The van der Waals surface area contributed by atoms with E-state index in [0.717, 1.165) is 48.1 Å². The smallest absolute Gasteiger partial charge is 0.253 e. The lowest BCUT2D eigenvalue weighted by Gasteiger charge is -2.24. The van der Waals surface area contributed by atoms with Crippen molar-refractivity contribution < 1.29 is 13.9 Å². The second kappa shape index (κ2) is 10.8. The van der Waals surface area contributed by atoms with Gasteiger partial charge in [-0.1, -0.05) is 18.2 Å². The molecule has 36 heavy (non-hydrogen) atoms. The van der Waals surface area contributed by atoms with Crippen molar-refractivity contribution in [3.05, 3.63) is 71.9 Å². The zero-order chi connectivity index (χ0) is 24.4. The highest BCUT2D eigenvalue weighted by Gasteiger charge is 2.18. The summed E-state index contributed by atoms with van der Waals surface area (Å²) in [6, 6.07) is 19.0. The molecule has 1 aliphatic rings. The number of hydrogen-bond donors (Lipinski definition) is 1. The van der Waals surface area contributed by atoms with E-state index in [1.807, 2.05) is 42.5 Å². The molecule has 1 saturated heterocycles. The third kappa shape index (κ3) is 5.06. The van der Waals surface area contributed by atoms with E-state index in [1.165, 1.54) is 0 Å². The largest absolute Gasteiger partial charge is 0.489 e. The van der Waals surface area contributed by atoms with Crippen LogP contribution in [-0.2, 0) is 0 Å². The van der Waals surface area contributed by atoms with E-state index in [2.05, 4.69) is 16.4 Å². The molecule has 2 aromatic carbocycles. The maximum absolute atomic E-state index is 12.2. The molecule has 7 nitrogen and oxygen atoms in total. The summed E-state index contributed by atoms with van der Waals surface area (Å²) in [6.07, 6.45) is 3.71. The number of hydrogen-bond acceptors (Lipinski definition) is 6. The molecule has 4 aromatic rings. The summed E-state index contributed by atoms with van der Waals surface area (Å²) >= 11 is 0. The minimum absolute atomic E-state index is 0. The molecule has 0 radical (unpaired) electrons. The van der Waals surface area contributed by atoms with Crippen molar-refractivity contribution in [3.63, 3.8) is 0 Å². The zero-order valence-electron chi connectivity index (χ0n) is 20.2. The topological polar surface area (TPSA) is 91.4 Å². The number of piperidine rings is 1. The molecule has 2 aromatic heterocycles. The van der Waals surface area contributed by atoms with Crippen LogP contribution in [0.25, 0.3) is 33.6 Å². The van der Waals surface area contributed by atoms with Crippen LogP contribution in [0.1, 0.15) is 28.8 Å². The molecule has 184 valence electrons. The van der Waals surface area contributed by atoms with Gasteiger partial charge < -0.3 is 19.4 Å². The molecule has 1 amide bonds. The molecule has 0 spiro atoms. The lowest BCUT2D eigenvalue weighted by Crippen LogP contribution is -2.34. The van der Waals surface area contributed by atoms with Gasteiger partial charge in [0.2, 0.25) is 0 Å². The number of nitrogens with one attached hydrogen (secondary N) is 1. The fourth-order valence-electron chi connectivity index (χ4n) is 4.32. The molecule has 0 unspecified atom stereocenters. The SMILES string of the molecule is CN(C)C(=O)c1ccc(-c2cc3nccc(-c4ccc(OC5CCNCC5)c(C#N)c4)c3o2)cc1.Cl. The fraction of sp³-hybridized carbons (Fsp3) is 0.250.